The maximum atomic E-state index is 12.4. The second-order valence-electron chi connectivity index (χ2n) is 3.90. The molecule has 0 aromatic carbocycles. The van der Waals surface area contributed by atoms with Gasteiger partial charge in [0.15, 0.2) is 0 Å². The molecule has 2 atom stereocenters. The second kappa shape index (κ2) is 5.07. The highest BCUT2D eigenvalue weighted by Crippen LogP contribution is 2.55. The third-order valence-electron chi connectivity index (χ3n) is 2.82. The minimum atomic E-state index is -1.88. The first-order valence-corrected chi connectivity index (χ1v) is 7.10. The van der Waals surface area contributed by atoms with Crippen LogP contribution >= 0.6 is 7.14 Å². The summed E-state index contributed by atoms with van der Waals surface area (Å²) in [6, 6.07) is 0. The van der Waals surface area contributed by atoms with Crippen LogP contribution in [0, 0.1) is 0 Å². The third-order valence-corrected chi connectivity index (χ3v) is 7.31. The lowest BCUT2D eigenvalue weighted by Crippen LogP contribution is -2.13. The summed E-state index contributed by atoms with van der Waals surface area (Å²) in [4.78, 5) is 0. The molecular weight excluding hydrogens is 167 g/mol. The maximum absolute atomic E-state index is 12.4. The van der Waals surface area contributed by atoms with Crippen molar-refractivity contribution in [1.82, 2.24) is 0 Å². The van der Waals surface area contributed by atoms with E-state index < -0.39 is 7.14 Å². The molecule has 2 unspecified atom stereocenters. The lowest BCUT2D eigenvalue weighted by molar-refractivity contribution is 0.554. The lowest BCUT2D eigenvalue weighted by Gasteiger charge is -2.27. The summed E-state index contributed by atoms with van der Waals surface area (Å²) < 4.78 is 12.4. The van der Waals surface area contributed by atoms with E-state index in [4.69, 9.17) is 0 Å². The standard InChI is InChI=1S/C10H23OP/c1-6-8-10(5)12(11,7-2)9(3)4/h9-10H,6-8H2,1-5H3. The molecule has 0 radical (unpaired) electrons. The Morgan fingerprint density at radius 2 is 1.67 bits per heavy atom. The minimum absolute atomic E-state index is 0.365. The van der Waals surface area contributed by atoms with Gasteiger partial charge < -0.3 is 4.57 Å². The normalized spacial score (nSPS) is 19.2. The zero-order valence-electron chi connectivity index (χ0n) is 9.13. The molecule has 12 heavy (non-hydrogen) atoms. The Kier molecular flexibility index (Phi) is 5.16. The maximum Gasteiger partial charge on any atom is 0.0925 e. The second-order valence-corrected chi connectivity index (χ2v) is 8.16. The van der Waals surface area contributed by atoms with E-state index in [1.54, 1.807) is 0 Å². The first-order chi connectivity index (χ1) is 5.49. The molecule has 0 N–H and O–H groups in total. The Balaban J connectivity index is 4.41. The van der Waals surface area contributed by atoms with Crippen LogP contribution in [0.5, 0.6) is 0 Å². The van der Waals surface area contributed by atoms with Gasteiger partial charge >= 0.3 is 0 Å². The zero-order valence-corrected chi connectivity index (χ0v) is 10.0. The summed E-state index contributed by atoms with van der Waals surface area (Å²) in [5.74, 6) is 0. The average Bonchev–Trinajstić information content (AvgIpc) is 2.03. The molecule has 1 nitrogen and oxygen atoms in total. The van der Waals surface area contributed by atoms with E-state index in [9.17, 15) is 4.57 Å². The summed E-state index contributed by atoms with van der Waals surface area (Å²) in [5.41, 5.74) is 0.788. The molecule has 0 aliphatic carbocycles. The van der Waals surface area contributed by atoms with Gasteiger partial charge in [0.2, 0.25) is 0 Å². The Hall–Kier alpha value is 0.230. The number of hydrogen-bond acceptors (Lipinski definition) is 1. The fraction of sp³-hybridized carbons (Fsp3) is 1.00. The van der Waals surface area contributed by atoms with Gasteiger partial charge in [-0.3, -0.25) is 0 Å². The molecule has 0 fully saturated rings. The van der Waals surface area contributed by atoms with E-state index >= 15 is 0 Å². The lowest BCUT2D eigenvalue weighted by atomic mass is 10.3. The molecule has 0 aromatic rings. The van der Waals surface area contributed by atoms with E-state index in [1.165, 1.54) is 0 Å². The van der Waals surface area contributed by atoms with E-state index in [0.29, 0.717) is 11.3 Å². The van der Waals surface area contributed by atoms with E-state index in [1.807, 2.05) is 0 Å². The predicted molar refractivity (Wildman–Crippen MR) is 57.7 cm³/mol. The van der Waals surface area contributed by atoms with Crippen LogP contribution < -0.4 is 0 Å². The highest BCUT2D eigenvalue weighted by atomic mass is 31.2. The SMILES string of the molecule is CCCC(C)P(=O)(CC)C(C)C. The van der Waals surface area contributed by atoms with Crippen LogP contribution in [-0.4, -0.2) is 17.5 Å². The first kappa shape index (κ1) is 12.2. The van der Waals surface area contributed by atoms with Crippen molar-refractivity contribution in [1.29, 1.82) is 0 Å². The van der Waals surface area contributed by atoms with Gasteiger partial charge in [0, 0.05) is 11.3 Å². The Labute approximate surface area is 77.3 Å². The molecule has 0 saturated carbocycles. The monoisotopic (exact) mass is 190 g/mol. The van der Waals surface area contributed by atoms with Gasteiger partial charge in [-0.25, -0.2) is 0 Å². The van der Waals surface area contributed by atoms with Gasteiger partial charge in [-0.05, 0) is 12.6 Å². The van der Waals surface area contributed by atoms with Crippen molar-refractivity contribution in [3.05, 3.63) is 0 Å². The van der Waals surface area contributed by atoms with Gasteiger partial charge in [0.05, 0.1) is 7.14 Å². The van der Waals surface area contributed by atoms with Crippen LogP contribution in [0.4, 0.5) is 0 Å². The zero-order chi connectivity index (χ0) is 9.78. The van der Waals surface area contributed by atoms with Crippen LogP contribution in [0.15, 0.2) is 0 Å². The molecule has 0 rings (SSSR count). The molecule has 0 amide bonds. The molecule has 0 saturated heterocycles. The van der Waals surface area contributed by atoms with Crippen LogP contribution in [-0.2, 0) is 4.57 Å². The number of rotatable bonds is 5. The molecule has 0 aliphatic rings. The van der Waals surface area contributed by atoms with Gasteiger partial charge in [-0.2, -0.15) is 0 Å². The molecule has 2 heteroatoms. The van der Waals surface area contributed by atoms with Gasteiger partial charge in [-0.1, -0.05) is 41.0 Å². The van der Waals surface area contributed by atoms with Crippen molar-refractivity contribution >= 4 is 7.14 Å². The highest BCUT2D eigenvalue weighted by molar-refractivity contribution is 7.65. The van der Waals surface area contributed by atoms with Crippen molar-refractivity contribution < 1.29 is 4.57 Å². The molecule has 0 aliphatic heterocycles. The van der Waals surface area contributed by atoms with Crippen LogP contribution in [0.25, 0.3) is 0 Å². The molecule has 0 heterocycles. The van der Waals surface area contributed by atoms with Gasteiger partial charge in [-0.15, -0.1) is 0 Å². The fourth-order valence-electron chi connectivity index (χ4n) is 1.82. The minimum Gasteiger partial charge on any atom is -0.323 e. The van der Waals surface area contributed by atoms with Gasteiger partial charge in [0.1, 0.15) is 0 Å². The summed E-state index contributed by atoms with van der Waals surface area (Å²) >= 11 is 0. The third kappa shape index (κ3) is 2.62. The average molecular weight is 190 g/mol. The van der Waals surface area contributed by atoms with Crippen molar-refractivity contribution in [3.8, 4) is 0 Å². The Morgan fingerprint density at radius 1 is 1.17 bits per heavy atom. The Bertz CT molecular complexity index is 163. The van der Waals surface area contributed by atoms with E-state index in [-0.39, 0.29) is 0 Å². The smallest absolute Gasteiger partial charge is 0.0925 e. The van der Waals surface area contributed by atoms with Crippen LogP contribution in [0.2, 0.25) is 0 Å². The quantitative estimate of drug-likeness (QED) is 0.599. The molecule has 0 bridgehead atoms. The summed E-state index contributed by atoms with van der Waals surface area (Å²) in [6.45, 7) is 10.6. The predicted octanol–water partition coefficient (Wildman–Crippen LogP) is 3.97. The molecule has 0 spiro atoms. The van der Waals surface area contributed by atoms with Crippen molar-refractivity contribution in [2.75, 3.05) is 6.16 Å². The topological polar surface area (TPSA) is 17.1 Å². The van der Waals surface area contributed by atoms with Crippen LogP contribution in [0.3, 0.4) is 0 Å². The van der Waals surface area contributed by atoms with Gasteiger partial charge in [0.25, 0.3) is 0 Å². The summed E-state index contributed by atoms with van der Waals surface area (Å²) in [5, 5.41) is 0. The van der Waals surface area contributed by atoms with Crippen molar-refractivity contribution in [2.45, 2.75) is 58.8 Å². The fourth-order valence-corrected chi connectivity index (χ4v) is 4.89. The van der Waals surface area contributed by atoms with E-state index in [0.717, 1.165) is 19.0 Å². The molecular formula is C10H23OP. The van der Waals surface area contributed by atoms with Crippen LogP contribution in [0.1, 0.15) is 47.5 Å². The first-order valence-electron chi connectivity index (χ1n) is 5.07. The van der Waals surface area contributed by atoms with Crippen molar-refractivity contribution in [2.24, 2.45) is 0 Å². The molecule has 74 valence electrons. The summed E-state index contributed by atoms with van der Waals surface area (Å²) in [6.07, 6.45) is 3.13. The number of hydrogen-bond donors (Lipinski definition) is 0. The van der Waals surface area contributed by atoms with Crippen molar-refractivity contribution in [3.63, 3.8) is 0 Å². The summed E-state index contributed by atoms with van der Waals surface area (Å²) in [7, 11) is -1.88. The largest absolute Gasteiger partial charge is 0.323 e. The molecule has 0 aromatic heterocycles. The highest BCUT2D eigenvalue weighted by Gasteiger charge is 2.29. The van der Waals surface area contributed by atoms with E-state index in [2.05, 4.69) is 34.6 Å². The Morgan fingerprint density at radius 3 is 1.92 bits per heavy atom.